The summed E-state index contributed by atoms with van der Waals surface area (Å²) in [5.74, 6) is 0.864. The molecule has 27 heavy (non-hydrogen) atoms. The molecular weight excluding hydrogens is 336 g/mol. The summed E-state index contributed by atoms with van der Waals surface area (Å²) >= 11 is 0. The molecule has 2 aliphatic heterocycles. The van der Waals surface area contributed by atoms with Crippen LogP contribution in [0.4, 0.5) is 0 Å². The average Bonchev–Trinajstić information content (AvgIpc) is 3.41. The molecule has 1 amide bonds. The second kappa shape index (κ2) is 12.7. The van der Waals surface area contributed by atoms with Gasteiger partial charge >= 0.3 is 0 Å². The molecule has 2 heterocycles. The number of piperazine rings is 1. The predicted octanol–water partition coefficient (Wildman–Crippen LogP) is 2.91. The quantitative estimate of drug-likeness (QED) is 0.767. The molecule has 1 N–H and O–H groups in total. The molecule has 2 saturated heterocycles. The maximum Gasteiger partial charge on any atom is 0.216 e. The molecule has 1 unspecified atom stereocenters. The summed E-state index contributed by atoms with van der Waals surface area (Å²) in [5.41, 5.74) is 0.575. The van der Waals surface area contributed by atoms with Crippen molar-refractivity contribution in [3.63, 3.8) is 0 Å². The van der Waals surface area contributed by atoms with Gasteiger partial charge in [0, 0.05) is 52.7 Å². The maximum absolute atomic E-state index is 11.0. The molecule has 5 heteroatoms. The van der Waals surface area contributed by atoms with E-state index >= 15 is 0 Å². The third-order valence-corrected chi connectivity index (χ3v) is 6.45. The van der Waals surface area contributed by atoms with Crippen LogP contribution in [0.25, 0.3) is 0 Å². The van der Waals surface area contributed by atoms with Gasteiger partial charge in [-0.1, -0.05) is 34.6 Å². The highest BCUT2D eigenvalue weighted by molar-refractivity contribution is 5.72. The number of likely N-dealkylation sites (tertiary alicyclic amines) is 1. The summed E-state index contributed by atoms with van der Waals surface area (Å²) in [6.07, 6.45) is 4.00. The number of rotatable bonds is 6. The first-order valence-electron chi connectivity index (χ1n) is 11.5. The van der Waals surface area contributed by atoms with E-state index in [9.17, 15) is 4.79 Å². The van der Waals surface area contributed by atoms with E-state index in [1.807, 2.05) is 27.7 Å². The number of hydrogen-bond donors (Lipinski definition) is 1. The molecule has 0 aromatic rings. The van der Waals surface area contributed by atoms with Crippen LogP contribution in [-0.2, 0) is 4.79 Å². The molecule has 5 nitrogen and oxygen atoms in total. The Morgan fingerprint density at radius 3 is 1.85 bits per heavy atom. The Hall–Kier alpha value is -0.650. The van der Waals surface area contributed by atoms with Crippen LogP contribution in [0, 0.1) is 11.3 Å². The minimum atomic E-state index is 0.118. The summed E-state index contributed by atoms with van der Waals surface area (Å²) in [7, 11) is 0. The zero-order valence-electron chi connectivity index (χ0n) is 19.0. The third-order valence-electron chi connectivity index (χ3n) is 6.45. The Morgan fingerprint density at radius 2 is 1.37 bits per heavy atom. The average molecular weight is 383 g/mol. The molecule has 0 aromatic carbocycles. The van der Waals surface area contributed by atoms with Crippen LogP contribution in [0.5, 0.6) is 0 Å². The molecule has 1 spiro atoms. The Morgan fingerprint density at radius 1 is 0.889 bits per heavy atom. The lowest BCUT2D eigenvalue weighted by Gasteiger charge is -2.37. The molecule has 3 rings (SSSR count). The molecule has 1 atom stereocenters. The summed E-state index contributed by atoms with van der Waals surface area (Å²) in [5, 5.41) is 3.00. The number of carbonyl (C=O) groups excluding carboxylic acids is 1. The molecule has 1 aliphatic carbocycles. The zero-order chi connectivity index (χ0) is 20.3. The summed E-state index contributed by atoms with van der Waals surface area (Å²) in [6, 6.07) is 0. The number of piperidine rings is 1. The molecule has 160 valence electrons. The van der Waals surface area contributed by atoms with E-state index in [0.29, 0.717) is 5.41 Å². The van der Waals surface area contributed by atoms with Gasteiger partial charge < -0.3 is 15.1 Å². The summed E-state index contributed by atoms with van der Waals surface area (Å²) in [4.78, 5) is 18.9. The van der Waals surface area contributed by atoms with Crippen molar-refractivity contribution < 1.29 is 4.79 Å². The van der Waals surface area contributed by atoms with E-state index in [2.05, 4.69) is 26.9 Å². The predicted molar refractivity (Wildman–Crippen MR) is 116 cm³/mol. The summed E-state index contributed by atoms with van der Waals surface area (Å²) in [6.45, 7) is 23.9. The van der Waals surface area contributed by atoms with Gasteiger partial charge in [-0.2, -0.15) is 0 Å². The Balaban J connectivity index is 0.000000855. The Labute approximate surface area is 168 Å². The van der Waals surface area contributed by atoms with Crippen molar-refractivity contribution in [2.75, 3.05) is 65.4 Å². The van der Waals surface area contributed by atoms with Gasteiger partial charge in [0.2, 0.25) is 5.91 Å². The smallest absolute Gasteiger partial charge is 0.216 e. The van der Waals surface area contributed by atoms with E-state index in [1.54, 1.807) is 6.92 Å². The van der Waals surface area contributed by atoms with Gasteiger partial charge in [0.25, 0.3) is 0 Å². The van der Waals surface area contributed by atoms with Gasteiger partial charge in [-0.3, -0.25) is 9.69 Å². The van der Waals surface area contributed by atoms with Crippen LogP contribution in [-0.4, -0.2) is 86.1 Å². The van der Waals surface area contributed by atoms with Gasteiger partial charge in [0.1, 0.15) is 0 Å². The fourth-order valence-electron chi connectivity index (χ4n) is 4.43. The number of carbonyl (C=O) groups is 1. The third kappa shape index (κ3) is 7.71. The van der Waals surface area contributed by atoms with Crippen LogP contribution in [0.2, 0.25) is 0 Å². The van der Waals surface area contributed by atoms with Gasteiger partial charge in [0.15, 0.2) is 0 Å². The van der Waals surface area contributed by atoms with Crippen molar-refractivity contribution in [3.8, 4) is 0 Å². The molecule has 0 bridgehead atoms. The lowest BCUT2D eigenvalue weighted by Crippen LogP contribution is -2.49. The normalized spacial score (nSPS) is 25.0. The van der Waals surface area contributed by atoms with E-state index in [4.69, 9.17) is 0 Å². The van der Waals surface area contributed by atoms with Crippen molar-refractivity contribution in [2.24, 2.45) is 11.3 Å². The largest absolute Gasteiger partial charge is 0.356 e. The standard InChI is InChI=1S/C18H34N4O.2C2H6/c1-3-20-8-10-22(11-9-20)13-12-21-6-4-18(5-7-21)14-17(18)15-19-16(2)23;2*1-2/h17H,3-15H2,1-2H3,(H,19,23);2*1-2H3. The Kier molecular flexibility index (Phi) is 11.5. The van der Waals surface area contributed by atoms with Crippen LogP contribution in [0.1, 0.15) is 60.8 Å². The highest BCUT2D eigenvalue weighted by Crippen LogP contribution is 2.58. The maximum atomic E-state index is 11.0. The van der Waals surface area contributed by atoms with Crippen molar-refractivity contribution in [2.45, 2.75) is 60.8 Å². The number of likely N-dealkylation sites (N-methyl/N-ethyl adjacent to an activating group) is 1. The SMILES string of the molecule is CC.CC.CCN1CCN(CCN2CCC3(CC2)CC3CNC(C)=O)CC1. The Bertz CT molecular complexity index is 399. The molecule has 0 aromatic heterocycles. The number of hydrogen-bond acceptors (Lipinski definition) is 4. The number of nitrogens with zero attached hydrogens (tertiary/aromatic N) is 3. The fourth-order valence-corrected chi connectivity index (χ4v) is 4.43. The second-order valence-electron chi connectivity index (χ2n) is 7.82. The molecule has 0 radical (unpaired) electrons. The van der Waals surface area contributed by atoms with Crippen LogP contribution < -0.4 is 5.32 Å². The monoisotopic (exact) mass is 382 g/mol. The van der Waals surface area contributed by atoms with Crippen molar-refractivity contribution >= 4 is 5.91 Å². The van der Waals surface area contributed by atoms with Crippen molar-refractivity contribution in [1.82, 2.24) is 20.0 Å². The van der Waals surface area contributed by atoms with Crippen LogP contribution >= 0.6 is 0 Å². The van der Waals surface area contributed by atoms with Crippen molar-refractivity contribution in [3.05, 3.63) is 0 Å². The molecule has 1 saturated carbocycles. The van der Waals surface area contributed by atoms with Gasteiger partial charge in [-0.05, 0) is 50.2 Å². The number of nitrogens with one attached hydrogen (secondary N) is 1. The van der Waals surface area contributed by atoms with E-state index in [-0.39, 0.29) is 5.91 Å². The fraction of sp³-hybridized carbons (Fsp3) is 0.955. The van der Waals surface area contributed by atoms with Crippen LogP contribution in [0.15, 0.2) is 0 Å². The lowest BCUT2D eigenvalue weighted by atomic mass is 9.91. The topological polar surface area (TPSA) is 38.8 Å². The zero-order valence-corrected chi connectivity index (χ0v) is 19.0. The highest BCUT2D eigenvalue weighted by atomic mass is 16.1. The van der Waals surface area contributed by atoms with E-state index in [1.165, 1.54) is 78.2 Å². The highest BCUT2D eigenvalue weighted by Gasteiger charge is 2.54. The van der Waals surface area contributed by atoms with E-state index in [0.717, 1.165) is 12.5 Å². The first-order chi connectivity index (χ1) is 13.1. The van der Waals surface area contributed by atoms with Gasteiger partial charge in [-0.25, -0.2) is 0 Å². The van der Waals surface area contributed by atoms with Crippen LogP contribution in [0.3, 0.4) is 0 Å². The van der Waals surface area contributed by atoms with Gasteiger partial charge in [-0.15, -0.1) is 0 Å². The molecule has 3 aliphatic rings. The molecular formula is C22H46N4O. The van der Waals surface area contributed by atoms with Gasteiger partial charge in [0.05, 0.1) is 0 Å². The second-order valence-corrected chi connectivity index (χ2v) is 7.82. The molecule has 3 fully saturated rings. The lowest BCUT2D eigenvalue weighted by molar-refractivity contribution is -0.119. The minimum absolute atomic E-state index is 0.118. The van der Waals surface area contributed by atoms with Crippen molar-refractivity contribution in [1.29, 1.82) is 0 Å². The number of amides is 1. The summed E-state index contributed by atoms with van der Waals surface area (Å²) < 4.78 is 0. The first-order valence-corrected chi connectivity index (χ1v) is 11.5. The first kappa shape index (κ1) is 24.4. The minimum Gasteiger partial charge on any atom is -0.356 e. The van der Waals surface area contributed by atoms with E-state index < -0.39 is 0 Å².